The fraction of sp³-hybridized carbons (Fsp3) is 0.111. The van der Waals surface area contributed by atoms with Crippen molar-refractivity contribution in [3.63, 3.8) is 0 Å². The van der Waals surface area contributed by atoms with Crippen LogP contribution in [0.3, 0.4) is 0 Å². The third-order valence-electron chi connectivity index (χ3n) is 3.62. The number of thiophene rings is 1. The zero-order valence-corrected chi connectivity index (χ0v) is 17.0. The summed E-state index contributed by atoms with van der Waals surface area (Å²) in [6.07, 6.45) is 1.50. The Morgan fingerprint density at radius 1 is 1.23 bits per heavy atom. The van der Waals surface area contributed by atoms with Crippen molar-refractivity contribution in [1.82, 2.24) is 5.43 Å². The van der Waals surface area contributed by atoms with Gasteiger partial charge in [-0.25, -0.2) is 5.43 Å². The number of nitrogens with zero attached hydrogens (tertiary/aromatic N) is 1. The van der Waals surface area contributed by atoms with E-state index in [2.05, 4.69) is 26.5 Å². The first-order chi connectivity index (χ1) is 12.5. The van der Waals surface area contributed by atoms with E-state index in [9.17, 15) is 4.79 Å². The Labute approximate surface area is 167 Å². The van der Waals surface area contributed by atoms with Gasteiger partial charge >= 0.3 is 0 Å². The zero-order chi connectivity index (χ0) is 18.7. The van der Waals surface area contributed by atoms with Gasteiger partial charge in [0.15, 0.2) is 0 Å². The van der Waals surface area contributed by atoms with E-state index in [4.69, 9.17) is 21.1 Å². The Morgan fingerprint density at radius 2 is 1.96 bits per heavy atom. The van der Waals surface area contributed by atoms with Gasteiger partial charge in [0.1, 0.15) is 16.4 Å². The quantitative estimate of drug-likeness (QED) is 0.432. The monoisotopic (exact) mass is 452 g/mol. The van der Waals surface area contributed by atoms with Gasteiger partial charge in [0, 0.05) is 21.7 Å². The van der Waals surface area contributed by atoms with Crippen LogP contribution >= 0.6 is 38.9 Å². The molecule has 0 atom stereocenters. The molecule has 0 fully saturated rings. The average Bonchev–Trinajstić information content (AvgIpc) is 2.99. The summed E-state index contributed by atoms with van der Waals surface area (Å²) >= 11 is 11.0. The molecule has 8 heteroatoms. The number of carbonyl (C=O) groups excluding carboxylic acids is 1. The van der Waals surface area contributed by atoms with Crippen molar-refractivity contribution in [2.75, 3.05) is 14.2 Å². The van der Waals surface area contributed by atoms with Crippen LogP contribution < -0.4 is 14.9 Å². The maximum atomic E-state index is 12.4. The van der Waals surface area contributed by atoms with Crippen LogP contribution in [0.1, 0.15) is 15.2 Å². The number of carbonyl (C=O) groups is 1. The molecule has 1 N–H and O–H groups in total. The highest BCUT2D eigenvalue weighted by Crippen LogP contribution is 2.35. The number of rotatable bonds is 5. The van der Waals surface area contributed by atoms with E-state index in [0.29, 0.717) is 27.0 Å². The van der Waals surface area contributed by atoms with Crippen LogP contribution in [0, 0.1) is 0 Å². The molecule has 2 aromatic carbocycles. The van der Waals surface area contributed by atoms with Gasteiger partial charge in [0.05, 0.1) is 29.9 Å². The Morgan fingerprint density at radius 3 is 2.65 bits per heavy atom. The lowest BCUT2D eigenvalue weighted by atomic mass is 10.2. The molecule has 0 bridgehead atoms. The minimum atomic E-state index is -0.362. The fourth-order valence-corrected chi connectivity index (χ4v) is 4.29. The Hall–Kier alpha value is -2.09. The molecule has 1 heterocycles. The maximum Gasteiger partial charge on any atom is 0.283 e. The minimum Gasteiger partial charge on any atom is -0.496 e. The number of hydrogen-bond donors (Lipinski definition) is 1. The van der Waals surface area contributed by atoms with E-state index >= 15 is 0 Å². The Bertz CT molecular complexity index is 1000. The van der Waals surface area contributed by atoms with Crippen LogP contribution in [0.25, 0.3) is 10.1 Å². The van der Waals surface area contributed by atoms with Gasteiger partial charge in [-0.05, 0) is 28.1 Å². The average molecular weight is 454 g/mol. The second kappa shape index (κ2) is 8.07. The van der Waals surface area contributed by atoms with Crippen molar-refractivity contribution in [2.24, 2.45) is 5.10 Å². The summed E-state index contributed by atoms with van der Waals surface area (Å²) in [5.74, 6) is 0.849. The molecule has 0 aliphatic heterocycles. The lowest BCUT2D eigenvalue weighted by Crippen LogP contribution is -2.16. The van der Waals surface area contributed by atoms with Gasteiger partial charge in [-0.1, -0.05) is 29.8 Å². The van der Waals surface area contributed by atoms with Crippen LogP contribution in [0.15, 0.2) is 46.0 Å². The largest absolute Gasteiger partial charge is 0.496 e. The van der Waals surface area contributed by atoms with E-state index in [0.717, 1.165) is 14.6 Å². The first-order valence-corrected chi connectivity index (χ1v) is 9.46. The van der Waals surface area contributed by atoms with Gasteiger partial charge in [-0.15, -0.1) is 11.3 Å². The summed E-state index contributed by atoms with van der Waals surface area (Å²) in [5, 5.41) is 5.31. The third kappa shape index (κ3) is 3.70. The summed E-state index contributed by atoms with van der Waals surface area (Å²) in [7, 11) is 3.12. The highest BCUT2D eigenvalue weighted by atomic mass is 79.9. The number of halogens is 2. The zero-order valence-electron chi connectivity index (χ0n) is 13.9. The number of hydrogen-bond acceptors (Lipinski definition) is 5. The smallest absolute Gasteiger partial charge is 0.283 e. The lowest BCUT2D eigenvalue weighted by molar-refractivity contribution is 0.0959. The van der Waals surface area contributed by atoms with E-state index in [1.165, 1.54) is 17.6 Å². The van der Waals surface area contributed by atoms with Gasteiger partial charge in [-0.2, -0.15) is 5.10 Å². The Balaban J connectivity index is 1.81. The summed E-state index contributed by atoms with van der Waals surface area (Å²) in [4.78, 5) is 12.8. The molecule has 0 spiro atoms. The van der Waals surface area contributed by atoms with Gasteiger partial charge in [-0.3, -0.25) is 4.79 Å². The standard InChI is InChI=1S/C18H14BrClN2O3S/c1-24-13-8-14(25-2)12(19)7-10(13)9-21-22-18(23)17-16(20)11-5-3-4-6-15(11)26-17/h3-9H,1-2H3,(H,22,23)/b21-9-. The molecule has 1 amide bonds. The van der Waals surface area contributed by atoms with Gasteiger partial charge in [0.25, 0.3) is 5.91 Å². The molecule has 26 heavy (non-hydrogen) atoms. The lowest BCUT2D eigenvalue weighted by Gasteiger charge is -2.09. The molecular formula is C18H14BrClN2O3S. The predicted molar refractivity (Wildman–Crippen MR) is 109 cm³/mol. The summed E-state index contributed by atoms with van der Waals surface area (Å²) < 4.78 is 12.3. The van der Waals surface area contributed by atoms with Crippen molar-refractivity contribution in [2.45, 2.75) is 0 Å². The molecule has 1 aromatic heterocycles. The van der Waals surface area contributed by atoms with Gasteiger partial charge < -0.3 is 9.47 Å². The van der Waals surface area contributed by atoms with Crippen LogP contribution in [0.2, 0.25) is 5.02 Å². The van der Waals surface area contributed by atoms with E-state index in [1.807, 2.05) is 24.3 Å². The van der Waals surface area contributed by atoms with Crippen molar-refractivity contribution in [3.8, 4) is 11.5 Å². The van der Waals surface area contributed by atoms with Crippen LogP contribution in [-0.4, -0.2) is 26.3 Å². The molecule has 0 aliphatic rings. The van der Waals surface area contributed by atoms with Gasteiger partial charge in [0.2, 0.25) is 0 Å². The predicted octanol–water partition coefficient (Wildman–Crippen LogP) is 5.10. The Kier molecular flexibility index (Phi) is 5.80. The number of fused-ring (bicyclic) bond motifs is 1. The molecule has 0 saturated heterocycles. The van der Waals surface area contributed by atoms with Crippen LogP contribution in [-0.2, 0) is 0 Å². The fourth-order valence-electron chi connectivity index (χ4n) is 2.36. The SMILES string of the molecule is COc1cc(OC)c(/C=N\NC(=O)c2sc3ccccc3c2Cl)cc1Br. The van der Waals surface area contributed by atoms with Crippen molar-refractivity contribution in [3.05, 3.63) is 56.3 Å². The maximum absolute atomic E-state index is 12.4. The molecule has 3 rings (SSSR count). The molecule has 0 radical (unpaired) electrons. The number of hydrazone groups is 1. The third-order valence-corrected chi connectivity index (χ3v) is 5.91. The molecule has 0 aliphatic carbocycles. The minimum absolute atomic E-state index is 0.362. The van der Waals surface area contributed by atoms with E-state index in [1.54, 1.807) is 26.4 Å². The summed E-state index contributed by atoms with van der Waals surface area (Å²) in [6, 6.07) is 11.1. The molecular weight excluding hydrogens is 440 g/mol. The second-order valence-electron chi connectivity index (χ2n) is 5.17. The molecule has 5 nitrogen and oxygen atoms in total. The van der Waals surface area contributed by atoms with Crippen LogP contribution in [0.5, 0.6) is 11.5 Å². The number of amides is 1. The second-order valence-corrected chi connectivity index (χ2v) is 7.45. The van der Waals surface area contributed by atoms with E-state index in [-0.39, 0.29) is 5.91 Å². The topological polar surface area (TPSA) is 59.9 Å². The number of ether oxygens (including phenoxy) is 2. The van der Waals surface area contributed by atoms with Crippen LogP contribution in [0.4, 0.5) is 0 Å². The highest BCUT2D eigenvalue weighted by Gasteiger charge is 2.16. The number of nitrogens with one attached hydrogen (secondary N) is 1. The van der Waals surface area contributed by atoms with Crippen molar-refractivity contribution in [1.29, 1.82) is 0 Å². The number of methoxy groups -OCH3 is 2. The summed E-state index contributed by atoms with van der Waals surface area (Å²) in [5.41, 5.74) is 3.19. The van der Waals surface area contributed by atoms with E-state index < -0.39 is 0 Å². The number of benzene rings is 2. The van der Waals surface area contributed by atoms with Crippen molar-refractivity contribution >= 4 is 61.1 Å². The molecule has 3 aromatic rings. The molecule has 0 unspecified atom stereocenters. The first kappa shape index (κ1) is 18.7. The highest BCUT2D eigenvalue weighted by molar-refractivity contribution is 9.10. The summed E-state index contributed by atoms with van der Waals surface area (Å²) in [6.45, 7) is 0. The van der Waals surface area contributed by atoms with Crippen molar-refractivity contribution < 1.29 is 14.3 Å². The first-order valence-electron chi connectivity index (χ1n) is 7.47. The normalized spacial score (nSPS) is 11.1. The molecule has 0 saturated carbocycles. The molecule has 134 valence electrons.